The van der Waals surface area contributed by atoms with Gasteiger partial charge in [0, 0.05) is 31.9 Å². The third kappa shape index (κ3) is 3.79. The van der Waals surface area contributed by atoms with Gasteiger partial charge >= 0.3 is 0 Å². The molecule has 0 aliphatic carbocycles. The highest BCUT2D eigenvalue weighted by Gasteiger charge is 2.31. The maximum Gasteiger partial charge on any atom is 0.245 e. The molecule has 0 spiro atoms. The zero-order chi connectivity index (χ0) is 16.9. The predicted molar refractivity (Wildman–Crippen MR) is 90.8 cm³/mol. The molecule has 5 heteroatoms. The van der Waals surface area contributed by atoms with Crippen LogP contribution < -0.4 is 5.32 Å². The van der Waals surface area contributed by atoms with Crippen molar-refractivity contribution in [2.24, 2.45) is 0 Å². The van der Waals surface area contributed by atoms with Crippen LogP contribution in [0.25, 0.3) is 0 Å². The summed E-state index contributed by atoms with van der Waals surface area (Å²) < 4.78 is 0. The van der Waals surface area contributed by atoms with E-state index < -0.39 is 6.04 Å². The summed E-state index contributed by atoms with van der Waals surface area (Å²) >= 11 is 0. The van der Waals surface area contributed by atoms with Crippen molar-refractivity contribution in [1.29, 1.82) is 0 Å². The maximum absolute atomic E-state index is 12.9. The lowest BCUT2D eigenvalue weighted by molar-refractivity contribution is -0.135. The Morgan fingerprint density at radius 1 is 1.25 bits per heavy atom. The lowest BCUT2D eigenvalue weighted by Crippen LogP contribution is -2.43. The molecule has 2 heterocycles. The third-order valence-electron chi connectivity index (χ3n) is 4.32. The van der Waals surface area contributed by atoms with E-state index in [1.165, 1.54) is 0 Å². The Kier molecular flexibility index (Phi) is 4.89. The monoisotopic (exact) mass is 323 g/mol. The van der Waals surface area contributed by atoms with Crippen molar-refractivity contribution in [1.82, 2.24) is 15.2 Å². The van der Waals surface area contributed by atoms with Crippen LogP contribution in [0.15, 0.2) is 48.8 Å². The number of carbonyl (C=O) groups is 2. The van der Waals surface area contributed by atoms with Gasteiger partial charge in [-0.2, -0.15) is 0 Å². The first-order valence-corrected chi connectivity index (χ1v) is 8.15. The number of pyridine rings is 1. The molecular formula is C19H21N3O2. The second-order valence-electron chi connectivity index (χ2n) is 6.14. The minimum atomic E-state index is -0.418. The molecule has 1 saturated heterocycles. The van der Waals surface area contributed by atoms with Crippen LogP contribution in [0.2, 0.25) is 0 Å². The Bertz CT molecular complexity index is 730. The van der Waals surface area contributed by atoms with Crippen molar-refractivity contribution in [2.45, 2.75) is 38.9 Å². The Balaban J connectivity index is 1.81. The number of aromatic nitrogens is 1. The molecule has 1 aromatic carbocycles. The number of nitrogens with zero attached hydrogens (tertiary/aromatic N) is 2. The predicted octanol–water partition coefficient (Wildman–Crippen LogP) is 2.20. The summed E-state index contributed by atoms with van der Waals surface area (Å²) in [5, 5.41) is 2.77. The number of rotatable bonds is 5. The number of aryl methyl sites for hydroxylation is 1. The highest BCUT2D eigenvalue weighted by Crippen LogP contribution is 2.17. The maximum atomic E-state index is 12.9. The van der Waals surface area contributed by atoms with Gasteiger partial charge in [0.2, 0.25) is 11.8 Å². The summed E-state index contributed by atoms with van der Waals surface area (Å²) in [7, 11) is 0. The molecule has 124 valence electrons. The zero-order valence-corrected chi connectivity index (χ0v) is 13.7. The van der Waals surface area contributed by atoms with Gasteiger partial charge in [0.25, 0.3) is 0 Å². The first kappa shape index (κ1) is 16.2. The summed E-state index contributed by atoms with van der Waals surface area (Å²) in [4.78, 5) is 30.3. The van der Waals surface area contributed by atoms with Gasteiger partial charge in [0.05, 0.1) is 0 Å². The van der Waals surface area contributed by atoms with Crippen molar-refractivity contribution in [3.8, 4) is 0 Å². The zero-order valence-electron chi connectivity index (χ0n) is 13.7. The average Bonchev–Trinajstić information content (AvgIpc) is 3.03. The number of benzene rings is 1. The summed E-state index contributed by atoms with van der Waals surface area (Å²) in [5.41, 5.74) is 3.24. The van der Waals surface area contributed by atoms with Crippen LogP contribution >= 0.6 is 0 Å². The molecule has 1 aromatic heterocycles. The van der Waals surface area contributed by atoms with Crippen molar-refractivity contribution in [3.05, 3.63) is 65.5 Å². The highest BCUT2D eigenvalue weighted by atomic mass is 16.2. The van der Waals surface area contributed by atoms with E-state index in [1.54, 1.807) is 17.3 Å². The van der Waals surface area contributed by atoms with Crippen LogP contribution in [0.3, 0.4) is 0 Å². The molecule has 2 aromatic rings. The van der Waals surface area contributed by atoms with E-state index in [9.17, 15) is 9.59 Å². The number of carbonyl (C=O) groups excluding carboxylic acids is 2. The van der Waals surface area contributed by atoms with Gasteiger partial charge in [-0.3, -0.25) is 14.6 Å². The first-order chi connectivity index (χ1) is 11.6. The van der Waals surface area contributed by atoms with Gasteiger partial charge < -0.3 is 10.2 Å². The summed E-state index contributed by atoms with van der Waals surface area (Å²) in [6, 6.07) is 11.4. The molecule has 2 amide bonds. The van der Waals surface area contributed by atoms with Crippen molar-refractivity contribution in [3.63, 3.8) is 0 Å². The molecule has 3 rings (SSSR count). The number of amides is 2. The Morgan fingerprint density at radius 3 is 2.75 bits per heavy atom. The third-order valence-corrected chi connectivity index (χ3v) is 4.32. The van der Waals surface area contributed by atoms with Crippen LogP contribution in [-0.4, -0.2) is 27.7 Å². The fourth-order valence-corrected chi connectivity index (χ4v) is 2.94. The fraction of sp³-hybridized carbons (Fsp3) is 0.316. The van der Waals surface area contributed by atoms with Crippen LogP contribution in [0.1, 0.15) is 29.5 Å². The molecule has 1 aliphatic heterocycles. The Hall–Kier alpha value is -2.69. The van der Waals surface area contributed by atoms with E-state index in [-0.39, 0.29) is 11.8 Å². The Labute approximate surface area is 141 Å². The van der Waals surface area contributed by atoms with Gasteiger partial charge in [-0.1, -0.05) is 30.3 Å². The molecule has 24 heavy (non-hydrogen) atoms. The summed E-state index contributed by atoms with van der Waals surface area (Å²) in [6.07, 6.45) is 4.47. The largest absolute Gasteiger partial charge is 0.344 e. The van der Waals surface area contributed by atoms with Crippen LogP contribution in [0, 0.1) is 6.92 Å². The van der Waals surface area contributed by atoms with Crippen LogP contribution in [0.4, 0.5) is 0 Å². The van der Waals surface area contributed by atoms with Crippen molar-refractivity contribution in [2.75, 3.05) is 0 Å². The molecular weight excluding hydrogens is 302 g/mol. The summed E-state index contributed by atoms with van der Waals surface area (Å²) in [6.45, 7) is 3.04. The lowest BCUT2D eigenvalue weighted by atomic mass is 10.1. The lowest BCUT2D eigenvalue weighted by Gasteiger charge is -2.26. The highest BCUT2D eigenvalue weighted by molar-refractivity contribution is 5.90. The molecule has 0 saturated carbocycles. The van der Waals surface area contributed by atoms with Gasteiger partial charge in [-0.05, 0) is 36.1 Å². The van der Waals surface area contributed by atoms with Crippen molar-refractivity contribution < 1.29 is 9.59 Å². The standard InChI is InChI=1S/C19H21N3O2/c1-14-5-2-3-7-16(14)13-22(12-15-6-4-10-20-11-15)19(24)17-8-9-18(23)21-17/h2-7,10-11,17H,8-9,12-13H2,1H3,(H,21,23). The van der Waals surface area contributed by atoms with E-state index in [1.807, 2.05) is 43.3 Å². The van der Waals surface area contributed by atoms with E-state index in [4.69, 9.17) is 0 Å². The molecule has 5 nitrogen and oxygen atoms in total. The number of hydrogen-bond donors (Lipinski definition) is 1. The van der Waals surface area contributed by atoms with Crippen LogP contribution in [-0.2, 0) is 22.7 Å². The van der Waals surface area contributed by atoms with Crippen molar-refractivity contribution >= 4 is 11.8 Å². The average molecular weight is 323 g/mol. The van der Waals surface area contributed by atoms with E-state index in [0.29, 0.717) is 25.9 Å². The minimum absolute atomic E-state index is 0.0343. The van der Waals surface area contributed by atoms with Crippen LogP contribution in [0.5, 0.6) is 0 Å². The van der Waals surface area contributed by atoms with Gasteiger partial charge in [-0.15, -0.1) is 0 Å². The second-order valence-corrected chi connectivity index (χ2v) is 6.14. The van der Waals surface area contributed by atoms with Gasteiger partial charge in [-0.25, -0.2) is 0 Å². The normalized spacial score (nSPS) is 16.7. The molecule has 0 bridgehead atoms. The fourth-order valence-electron chi connectivity index (χ4n) is 2.94. The molecule has 1 aliphatic rings. The van der Waals surface area contributed by atoms with E-state index in [2.05, 4.69) is 10.3 Å². The number of hydrogen-bond acceptors (Lipinski definition) is 3. The van der Waals surface area contributed by atoms with E-state index >= 15 is 0 Å². The molecule has 1 fully saturated rings. The smallest absolute Gasteiger partial charge is 0.245 e. The van der Waals surface area contributed by atoms with E-state index in [0.717, 1.165) is 16.7 Å². The minimum Gasteiger partial charge on any atom is -0.344 e. The molecule has 1 unspecified atom stereocenters. The first-order valence-electron chi connectivity index (χ1n) is 8.15. The SMILES string of the molecule is Cc1ccccc1CN(Cc1cccnc1)C(=O)C1CCC(=O)N1. The Morgan fingerprint density at radius 2 is 2.08 bits per heavy atom. The second kappa shape index (κ2) is 7.25. The quantitative estimate of drug-likeness (QED) is 0.917. The molecule has 1 atom stereocenters. The topological polar surface area (TPSA) is 62.3 Å². The number of nitrogens with one attached hydrogen (secondary N) is 1. The molecule has 0 radical (unpaired) electrons. The van der Waals surface area contributed by atoms with Gasteiger partial charge in [0.1, 0.15) is 6.04 Å². The summed E-state index contributed by atoms with van der Waals surface area (Å²) in [5.74, 6) is -0.0847. The van der Waals surface area contributed by atoms with Gasteiger partial charge in [0.15, 0.2) is 0 Å². The molecule has 1 N–H and O–H groups in total.